The third kappa shape index (κ3) is 3.91. The van der Waals surface area contributed by atoms with E-state index in [2.05, 4.69) is 20.0 Å². The van der Waals surface area contributed by atoms with Gasteiger partial charge in [-0.15, -0.1) is 0 Å². The Hall–Kier alpha value is -1.14. The molecular formula is C20H34N4O2. The van der Waals surface area contributed by atoms with Crippen molar-refractivity contribution in [2.24, 2.45) is 11.3 Å². The summed E-state index contributed by atoms with van der Waals surface area (Å²) in [5, 5.41) is 3.41. The zero-order chi connectivity index (χ0) is 18.0. The second kappa shape index (κ2) is 7.85. The van der Waals surface area contributed by atoms with Crippen molar-refractivity contribution in [3.05, 3.63) is 0 Å². The van der Waals surface area contributed by atoms with Crippen molar-refractivity contribution in [3.63, 3.8) is 0 Å². The van der Waals surface area contributed by atoms with Crippen LogP contribution in [0, 0.1) is 11.3 Å². The van der Waals surface area contributed by atoms with Crippen LogP contribution in [-0.4, -0.2) is 85.4 Å². The zero-order valence-corrected chi connectivity index (χ0v) is 16.0. The lowest BCUT2D eigenvalue weighted by Crippen LogP contribution is -2.52. The topological polar surface area (TPSA) is 55.9 Å². The number of piperazine rings is 1. The average molecular weight is 363 g/mol. The molecule has 0 radical (unpaired) electrons. The zero-order valence-electron chi connectivity index (χ0n) is 16.0. The number of hydrogen-bond acceptors (Lipinski definition) is 4. The standard InChI is InChI=1S/C20H34N4O2/c25-18(23-9-3-1-2-4-10-23)16-22-11-13-24(14-12-22)19(26)17-15-20(17)5-7-21-8-6-20/h17,21H,1-16H2. The average Bonchev–Trinajstić information content (AvgIpc) is 3.42. The number of hydrogen-bond donors (Lipinski definition) is 1. The summed E-state index contributed by atoms with van der Waals surface area (Å²) in [5.41, 5.74) is 0.322. The van der Waals surface area contributed by atoms with Gasteiger partial charge in [0.25, 0.3) is 0 Å². The summed E-state index contributed by atoms with van der Waals surface area (Å²) >= 11 is 0. The van der Waals surface area contributed by atoms with E-state index in [1.807, 2.05) is 0 Å². The van der Waals surface area contributed by atoms with Gasteiger partial charge in [-0.3, -0.25) is 14.5 Å². The number of nitrogens with one attached hydrogen (secondary N) is 1. The predicted molar refractivity (Wildman–Crippen MR) is 101 cm³/mol. The first kappa shape index (κ1) is 18.2. The van der Waals surface area contributed by atoms with Crippen molar-refractivity contribution in [3.8, 4) is 0 Å². The molecule has 1 spiro atoms. The highest BCUT2D eigenvalue weighted by molar-refractivity contribution is 5.83. The van der Waals surface area contributed by atoms with Gasteiger partial charge in [0.2, 0.25) is 11.8 Å². The van der Waals surface area contributed by atoms with Crippen molar-refractivity contribution in [1.29, 1.82) is 0 Å². The van der Waals surface area contributed by atoms with E-state index in [0.29, 0.717) is 17.9 Å². The van der Waals surface area contributed by atoms with Gasteiger partial charge in [-0.1, -0.05) is 12.8 Å². The van der Waals surface area contributed by atoms with Gasteiger partial charge < -0.3 is 15.1 Å². The van der Waals surface area contributed by atoms with Gasteiger partial charge in [-0.25, -0.2) is 0 Å². The molecule has 4 fully saturated rings. The molecule has 3 saturated heterocycles. The Bertz CT molecular complexity index is 516. The van der Waals surface area contributed by atoms with E-state index < -0.39 is 0 Å². The van der Waals surface area contributed by atoms with Crippen molar-refractivity contribution in [2.45, 2.75) is 44.9 Å². The second-order valence-corrected chi connectivity index (χ2v) is 8.77. The molecule has 6 heteroatoms. The molecule has 1 aliphatic carbocycles. The normalized spacial score (nSPS) is 29.5. The highest BCUT2D eigenvalue weighted by atomic mass is 16.2. The van der Waals surface area contributed by atoms with Crippen LogP contribution in [0.1, 0.15) is 44.9 Å². The van der Waals surface area contributed by atoms with Crippen LogP contribution >= 0.6 is 0 Å². The van der Waals surface area contributed by atoms with Gasteiger partial charge in [-0.2, -0.15) is 0 Å². The van der Waals surface area contributed by atoms with Crippen LogP contribution in [0.2, 0.25) is 0 Å². The quantitative estimate of drug-likeness (QED) is 0.811. The third-order valence-corrected chi connectivity index (χ3v) is 7.09. The van der Waals surface area contributed by atoms with Crippen LogP contribution in [0.5, 0.6) is 0 Å². The van der Waals surface area contributed by atoms with Gasteiger partial charge in [0.1, 0.15) is 0 Å². The lowest BCUT2D eigenvalue weighted by atomic mass is 9.91. The van der Waals surface area contributed by atoms with E-state index in [0.717, 1.165) is 84.5 Å². The maximum atomic E-state index is 12.9. The monoisotopic (exact) mass is 362 g/mol. The van der Waals surface area contributed by atoms with Crippen LogP contribution in [0.15, 0.2) is 0 Å². The fourth-order valence-electron chi connectivity index (χ4n) is 5.13. The van der Waals surface area contributed by atoms with Gasteiger partial charge in [-0.05, 0) is 50.6 Å². The molecule has 0 bridgehead atoms. The number of likely N-dealkylation sites (tertiary alicyclic amines) is 1. The molecule has 1 atom stereocenters. The van der Waals surface area contributed by atoms with Crippen molar-refractivity contribution < 1.29 is 9.59 Å². The molecule has 3 aliphatic heterocycles. The largest absolute Gasteiger partial charge is 0.342 e. The Morgan fingerprint density at radius 3 is 2.15 bits per heavy atom. The summed E-state index contributed by atoms with van der Waals surface area (Å²) in [6.45, 7) is 7.77. The summed E-state index contributed by atoms with van der Waals surface area (Å²) in [6.07, 6.45) is 8.22. The van der Waals surface area contributed by atoms with Crippen LogP contribution in [0.3, 0.4) is 0 Å². The van der Waals surface area contributed by atoms with E-state index >= 15 is 0 Å². The number of nitrogens with zero attached hydrogens (tertiary/aromatic N) is 3. The predicted octanol–water partition coefficient (Wildman–Crippen LogP) is 0.923. The highest BCUT2D eigenvalue weighted by Gasteiger charge is 2.58. The van der Waals surface area contributed by atoms with E-state index in [1.165, 1.54) is 12.8 Å². The van der Waals surface area contributed by atoms with Crippen molar-refractivity contribution in [1.82, 2.24) is 20.0 Å². The Morgan fingerprint density at radius 2 is 1.50 bits per heavy atom. The molecular weight excluding hydrogens is 328 g/mol. The lowest BCUT2D eigenvalue weighted by Gasteiger charge is -2.36. The van der Waals surface area contributed by atoms with E-state index in [1.54, 1.807) is 0 Å². The number of piperidine rings is 1. The van der Waals surface area contributed by atoms with Crippen LogP contribution in [0.25, 0.3) is 0 Å². The highest BCUT2D eigenvalue weighted by Crippen LogP contribution is 2.59. The first-order valence-corrected chi connectivity index (χ1v) is 10.7. The minimum absolute atomic E-state index is 0.273. The first-order valence-electron chi connectivity index (χ1n) is 10.7. The van der Waals surface area contributed by atoms with Crippen LogP contribution < -0.4 is 5.32 Å². The first-order chi connectivity index (χ1) is 12.7. The summed E-state index contributed by atoms with van der Waals surface area (Å²) in [5.74, 6) is 0.933. The van der Waals surface area contributed by atoms with Gasteiger partial charge >= 0.3 is 0 Å². The number of carbonyl (C=O) groups excluding carboxylic acids is 2. The van der Waals surface area contributed by atoms with Gasteiger partial charge in [0.15, 0.2) is 0 Å². The summed E-state index contributed by atoms with van der Waals surface area (Å²) < 4.78 is 0. The molecule has 26 heavy (non-hydrogen) atoms. The van der Waals surface area contributed by atoms with Crippen molar-refractivity contribution in [2.75, 3.05) is 58.9 Å². The molecule has 4 rings (SSSR count). The SMILES string of the molecule is O=C(CN1CCN(C(=O)C2CC23CCNCC3)CC1)N1CCCCCC1. The van der Waals surface area contributed by atoms with Crippen LogP contribution in [-0.2, 0) is 9.59 Å². The second-order valence-electron chi connectivity index (χ2n) is 8.77. The molecule has 6 nitrogen and oxygen atoms in total. The third-order valence-electron chi connectivity index (χ3n) is 7.09. The molecule has 146 valence electrons. The molecule has 0 aromatic carbocycles. The number of rotatable bonds is 3. The lowest BCUT2D eigenvalue weighted by molar-refractivity contribution is -0.136. The van der Waals surface area contributed by atoms with E-state index in [4.69, 9.17) is 0 Å². The summed E-state index contributed by atoms with van der Waals surface area (Å²) in [6, 6.07) is 0. The summed E-state index contributed by atoms with van der Waals surface area (Å²) in [4.78, 5) is 31.8. The molecule has 1 saturated carbocycles. The fraction of sp³-hybridized carbons (Fsp3) is 0.900. The Morgan fingerprint density at radius 1 is 0.846 bits per heavy atom. The molecule has 1 unspecified atom stereocenters. The van der Waals surface area contributed by atoms with Gasteiger partial charge in [0.05, 0.1) is 6.54 Å². The van der Waals surface area contributed by atoms with Gasteiger partial charge in [0, 0.05) is 45.2 Å². The Kier molecular flexibility index (Phi) is 5.50. The Balaban J connectivity index is 1.21. The Labute approximate surface area is 157 Å². The summed E-state index contributed by atoms with van der Waals surface area (Å²) in [7, 11) is 0. The molecule has 3 heterocycles. The van der Waals surface area contributed by atoms with E-state index in [-0.39, 0.29) is 11.8 Å². The number of amides is 2. The van der Waals surface area contributed by atoms with Crippen molar-refractivity contribution >= 4 is 11.8 Å². The fourth-order valence-corrected chi connectivity index (χ4v) is 5.13. The molecule has 2 amide bonds. The number of carbonyl (C=O) groups is 2. The molecule has 4 aliphatic rings. The van der Waals surface area contributed by atoms with Crippen LogP contribution in [0.4, 0.5) is 0 Å². The minimum atomic E-state index is 0.273. The molecule has 0 aromatic rings. The molecule has 1 N–H and O–H groups in total. The maximum absolute atomic E-state index is 12.9. The maximum Gasteiger partial charge on any atom is 0.236 e. The van der Waals surface area contributed by atoms with E-state index in [9.17, 15) is 9.59 Å². The minimum Gasteiger partial charge on any atom is -0.342 e. The smallest absolute Gasteiger partial charge is 0.236 e. The molecule has 0 aromatic heterocycles.